The highest BCUT2D eigenvalue weighted by molar-refractivity contribution is 5.78. The molecule has 24 atom stereocenters. The fourth-order valence-corrected chi connectivity index (χ4v) is 14.6. The van der Waals surface area contributed by atoms with Gasteiger partial charge in [-0.25, -0.2) is 9.59 Å². The second-order valence-electron chi connectivity index (χ2n) is 30.0. The Morgan fingerprint density at radius 3 is 1.36 bits per heavy atom. The molecule has 0 spiro atoms. The van der Waals surface area contributed by atoms with Gasteiger partial charge in [0.05, 0.1) is 69.5 Å². The van der Waals surface area contributed by atoms with E-state index in [4.69, 9.17) is 37.9 Å². The zero-order valence-electron chi connectivity index (χ0n) is 64.3. The average molecular weight is 1560 g/mol. The number of carbonyl (C=O) groups excluding carboxylic acids is 3. The van der Waals surface area contributed by atoms with Crippen molar-refractivity contribution in [2.24, 2.45) is 0 Å². The first-order valence-corrected chi connectivity index (χ1v) is 40.2. The summed E-state index contributed by atoms with van der Waals surface area (Å²) in [6, 6.07) is -4.73. The fraction of sp³-hybridized carbons (Fsp3) is 0.908. The summed E-state index contributed by atoms with van der Waals surface area (Å²) < 4.78 is 46.5. The van der Waals surface area contributed by atoms with E-state index in [-0.39, 0.29) is 12.3 Å². The number of allylic oxidation sites excluding steroid dienone is 1. The molecule has 0 saturated carbocycles. The van der Waals surface area contributed by atoms with Crippen molar-refractivity contribution in [1.82, 2.24) is 16.0 Å². The van der Waals surface area contributed by atoms with E-state index in [2.05, 4.69) is 29.8 Å². The molecule has 19 N–H and O–H groups in total. The summed E-state index contributed by atoms with van der Waals surface area (Å²) in [5.74, 6) is -13.1. The van der Waals surface area contributed by atoms with Crippen LogP contribution in [0, 0.1) is 0 Å². The van der Waals surface area contributed by atoms with Crippen LogP contribution in [-0.2, 0) is 61.9 Å². The number of hydrogen-bond donors (Lipinski definition) is 19. The molecule has 108 heavy (non-hydrogen) atoms. The number of carbonyl (C=O) groups is 5. The van der Waals surface area contributed by atoms with Crippen molar-refractivity contribution in [1.29, 1.82) is 0 Å². The molecule has 3 amide bonds. The van der Waals surface area contributed by atoms with Crippen LogP contribution in [0.1, 0.15) is 259 Å². The second kappa shape index (κ2) is 52.6. The van der Waals surface area contributed by atoms with Crippen LogP contribution < -0.4 is 16.0 Å². The number of amides is 3. The van der Waals surface area contributed by atoms with Gasteiger partial charge in [-0.2, -0.15) is 0 Å². The van der Waals surface area contributed by atoms with Crippen LogP contribution in [0.4, 0.5) is 0 Å². The lowest BCUT2D eigenvalue weighted by Crippen LogP contribution is -2.72. The Bertz CT molecular complexity index is 2510. The lowest BCUT2D eigenvalue weighted by molar-refractivity contribution is -0.388. The first kappa shape index (κ1) is 96.6. The molecule has 4 heterocycles. The van der Waals surface area contributed by atoms with Crippen LogP contribution in [0.2, 0.25) is 0 Å². The van der Waals surface area contributed by atoms with Crippen LogP contribution >= 0.6 is 0 Å². The summed E-state index contributed by atoms with van der Waals surface area (Å²) >= 11 is 0. The van der Waals surface area contributed by atoms with Gasteiger partial charge in [0.25, 0.3) is 11.6 Å². The molecule has 0 radical (unpaired) electrons. The van der Waals surface area contributed by atoms with Crippen LogP contribution in [0.5, 0.6) is 0 Å². The average Bonchev–Trinajstić information content (AvgIpc) is 0.752. The van der Waals surface area contributed by atoms with Gasteiger partial charge in [-0.05, 0) is 19.3 Å². The van der Waals surface area contributed by atoms with E-state index >= 15 is 0 Å². The molecule has 4 rings (SSSR count). The summed E-state index contributed by atoms with van der Waals surface area (Å²) in [5, 5.41) is 185. The van der Waals surface area contributed by atoms with Crippen LogP contribution in [0.15, 0.2) is 12.2 Å². The molecule has 4 fully saturated rings. The molecule has 0 bridgehead atoms. The first-order chi connectivity index (χ1) is 51.7. The van der Waals surface area contributed by atoms with Gasteiger partial charge in [-0.15, -0.1) is 0 Å². The van der Waals surface area contributed by atoms with Gasteiger partial charge < -0.3 is 136 Å². The second-order valence-corrected chi connectivity index (χ2v) is 30.0. The van der Waals surface area contributed by atoms with Gasteiger partial charge in [0.2, 0.25) is 17.7 Å². The molecular formula is C76H137N3O29. The molecule has 0 aromatic carbocycles. The Morgan fingerprint density at radius 1 is 0.500 bits per heavy atom. The van der Waals surface area contributed by atoms with Crippen molar-refractivity contribution in [3.63, 3.8) is 0 Å². The number of hydrogen-bond acceptors (Lipinski definition) is 27. The Hall–Kier alpha value is -3.79. The maximum absolute atomic E-state index is 13.6. The third-order valence-corrected chi connectivity index (χ3v) is 21.0. The van der Waals surface area contributed by atoms with Crippen molar-refractivity contribution in [2.75, 3.05) is 33.0 Å². The van der Waals surface area contributed by atoms with Crippen molar-refractivity contribution in [2.45, 2.75) is 405 Å². The van der Waals surface area contributed by atoms with E-state index < -0.39 is 216 Å². The lowest BCUT2D eigenvalue weighted by Gasteiger charge is -2.51. The topological polar surface area (TPSA) is 519 Å². The van der Waals surface area contributed by atoms with Gasteiger partial charge in [0, 0.05) is 33.1 Å². The Kier molecular flexibility index (Phi) is 47.0. The number of aliphatic hydroxyl groups excluding tert-OH is 14. The smallest absolute Gasteiger partial charge is 0.364 e. The number of unbranched alkanes of at least 4 members (excludes halogenated alkanes) is 31. The summed E-state index contributed by atoms with van der Waals surface area (Å²) in [6.07, 6.45) is -0.0209. The van der Waals surface area contributed by atoms with Gasteiger partial charge in [-0.3, -0.25) is 14.4 Å². The molecule has 0 aromatic heterocycles. The molecule has 0 aliphatic carbocycles. The Morgan fingerprint density at radius 2 is 0.926 bits per heavy atom. The van der Waals surface area contributed by atoms with Crippen molar-refractivity contribution >= 4 is 29.7 Å². The molecule has 32 heteroatoms. The van der Waals surface area contributed by atoms with Gasteiger partial charge in [-0.1, -0.05) is 219 Å². The van der Waals surface area contributed by atoms with E-state index in [0.29, 0.717) is 12.8 Å². The molecule has 0 aromatic rings. The van der Waals surface area contributed by atoms with Crippen molar-refractivity contribution in [3.8, 4) is 0 Å². The third-order valence-electron chi connectivity index (χ3n) is 21.0. The summed E-state index contributed by atoms with van der Waals surface area (Å²) in [5.41, 5.74) is 0. The number of nitrogens with one attached hydrogen (secondary N) is 3. The number of carboxylic acid groups (broad SMARTS) is 2. The number of aliphatic hydroxyl groups is 14. The first-order valence-electron chi connectivity index (χ1n) is 40.2. The van der Waals surface area contributed by atoms with E-state index in [1.165, 1.54) is 148 Å². The van der Waals surface area contributed by atoms with Gasteiger partial charge in [0.15, 0.2) is 12.6 Å². The van der Waals surface area contributed by atoms with E-state index in [1.807, 2.05) is 6.08 Å². The van der Waals surface area contributed by atoms with Crippen LogP contribution in [0.25, 0.3) is 0 Å². The summed E-state index contributed by atoms with van der Waals surface area (Å²) in [4.78, 5) is 65.1. The number of aliphatic carboxylic acids is 2. The highest BCUT2D eigenvalue weighted by Crippen LogP contribution is 2.41. The molecule has 32 nitrogen and oxygen atoms in total. The number of rotatable bonds is 58. The maximum Gasteiger partial charge on any atom is 0.364 e. The zero-order chi connectivity index (χ0) is 79.8. The summed E-state index contributed by atoms with van der Waals surface area (Å²) in [7, 11) is 0. The molecule has 4 saturated heterocycles. The molecule has 24 unspecified atom stereocenters. The monoisotopic (exact) mass is 1560 g/mol. The van der Waals surface area contributed by atoms with Crippen LogP contribution in [0.3, 0.4) is 0 Å². The third kappa shape index (κ3) is 31.9. The minimum atomic E-state index is -3.39. The van der Waals surface area contributed by atoms with E-state index in [0.717, 1.165) is 65.2 Å². The lowest BCUT2D eigenvalue weighted by atomic mass is 9.87. The fourth-order valence-electron chi connectivity index (χ4n) is 14.6. The van der Waals surface area contributed by atoms with E-state index in [1.54, 1.807) is 6.08 Å². The highest BCUT2D eigenvalue weighted by Gasteiger charge is 2.62. The van der Waals surface area contributed by atoms with E-state index in [9.17, 15) is 106 Å². The maximum atomic E-state index is 13.6. The SMILES string of the molecule is CCCCCCCCCCCCCC=CC(O)C(COC1OC(CO)C(OC2OC(CO)C(O)C(OC3(C(=O)O)CC(O)C(NC(C)=O)C(C(O)C(CO)OC4(C(=O)O)CC(O)C(NC(C)=O)C(C(O)C(O)CO)O4)O3)C2O)C(O)C1O)NC(=O)CCCCCCCCCCCCCCCCCCCCCCC. The minimum Gasteiger partial charge on any atom is -0.477 e. The number of carboxylic acids is 2. The van der Waals surface area contributed by atoms with Crippen LogP contribution in [-0.4, -0.2) is 290 Å². The number of ether oxygens (including phenoxy) is 8. The molecule has 630 valence electrons. The molecule has 4 aliphatic heterocycles. The Balaban J connectivity index is 1.44. The Labute approximate surface area is 636 Å². The quantitative estimate of drug-likeness (QED) is 0.0307. The van der Waals surface area contributed by atoms with Gasteiger partial charge >= 0.3 is 11.9 Å². The zero-order valence-corrected chi connectivity index (χ0v) is 64.3. The van der Waals surface area contributed by atoms with Gasteiger partial charge in [0.1, 0.15) is 85.5 Å². The normalized spacial score (nSPS) is 30.6. The van der Waals surface area contributed by atoms with Crippen molar-refractivity contribution in [3.05, 3.63) is 12.2 Å². The molecule has 4 aliphatic rings. The highest BCUT2D eigenvalue weighted by atomic mass is 16.8. The predicted octanol–water partition coefficient (Wildman–Crippen LogP) is 2.68. The minimum absolute atomic E-state index is 0.156. The largest absolute Gasteiger partial charge is 0.477 e. The predicted molar refractivity (Wildman–Crippen MR) is 391 cm³/mol. The summed E-state index contributed by atoms with van der Waals surface area (Å²) in [6.45, 7) is 1.14. The standard InChI is InChI=1S/C76H137N3O29/c1-5-7-9-11-13-15-17-19-20-21-22-23-24-25-26-28-30-32-34-36-38-40-58(90)79-50(51(86)39-37-35-33-31-29-27-18-16-14-12-10-8-6-2)47-101-71-65(95)64(94)67(57(46-83)103-71)104-72-66(96)70(62(92)55(44-81)102-72)108-76(74(99)100)42-53(88)60(78-49(4)85)69(107-76)63(93)56(45-82)105-75(73(97)98)41-52(87)59(77-48(3)84)68(106-75)61(91)54(89)43-80/h37,39,50-57,59-72,80-83,86-89,91-96H,5-36,38,40-47H2,1-4H3,(H,77,84)(H,78,85)(H,79,90)(H,97,98)(H,99,100). The van der Waals surface area contributed by atoms with Crippen molar-refractivity contribution < 1.29 is 144 Å². The molecular weight excluding hydrogens is 1420 g/mol.